The van der Waals surface area contributed by atoms with Gasteiger partial charge in [0.25, 0.3) is 0 Å². The van der Waals surface area contributed by atoms with Crippen molar-refractivity contribution in [3.63, 3.8) is 0 Å². The van der Waals surface area contributed by atoms with E-state index in [1.807, 2.05) is 18.2 Å². The van der Waals surface area contributed by atoms with E-state index in [-0.39, 0.29) is 29.9 Å². The Bertz CT molecular complexity index is 1150. The number of amides is 1. The van der Waals surface area contributed by atoms with E-state index in [0.717, 1.165) is 12.1 Å². The van der Waals surface area contributed by atoms with Crippen molar-refractivity contribution in [1.82, 2.24) is 4.90 Å². The van der Waals surface area contributed by atoms with Gasteiger partial charge in [0.15, 0.2) is 17.0 Å². The number of allylic oxidation sites excluding steroid dienone is 2. The molecule has 7 nitrogen and oxygen atoms in total. The lowest BCUT2D eigenvalue weighted by molar-refractivity contribution is 0.0224. The standard InChI is InChI=1S/C23H21F2N5O2/c1-22(2,3)32-21(31)30-7-6-14-15(9-26)20(29)23(11-27,12-28)19(16(14)10-30)13-4-5-17(24)18(25)8-13/h4-6,8,16,19H,7,10,29H2,1-3H3/t16-,19-/m1/s1. The molecule has 1 aromatic rings. The first kappa shape index (κ1) is 22.8. The van der Waals surface area contributed by atoms with Crippen LogP contribution in [0, 0.1) is 57.0 Å². The van der Waals surface area contributed by atoms with Crippen LogP contribution in [0.4, 0.5) is 13.6 Å². The molecule has 32 heavy (non-hydrogen) atoms. The van der Waals surface area contributed by atoms with Gasteiger partial charge in [-0.05, 0) is 44.0 Å². The van der Waals surface area contributed by atoms with E-state index in [1.165, 1.54) is 11.0 Å². The summed E-state index contributed by atoms with van der Waals surface area (Å²) >= 11 is 0. The second-order valence-electron chi connectivity index (χ2n) is 8.73. The first-order chi connectivity index (χ1) is 15.0. The van der Waals surface area contributed by atoms with Crippen molar-refractivity contribution in [3.8, 4) is 18.2 Å². The van der Waals surface area contributed by atoms with Crippen molar-refractivity contribution in [1.29, 1.82) is 15.8 Å². The largest absolute Gasteiger partial charge is 0.444 e. The maximum absolute atomic E-state index is 14.1. The minimum Gasteiger partial charge on any atom is -0.444 e. The van der Waals surface area contributed by atoms with Gasteiger partial charge in [-0.25, -0.2) is 13.6 Å². The minimum absolute atomic E-state index is 0.00597. The number of hydrogen-bond acceptors (Lipinski definition) is 6. The summed E-state index contributed by atoms with van der Waals surface area (Å²) in [7, 11) is 0. The fourth-order valence-electron chi connectivity index (χ4n) is 4.24. The van der Waals surface area contributed by atoms with Gasteiger partial charge in [-0.3, -0.25) is 0 Å². The van der Waals surface area contributed by atoms with Gasteiger partial charge in [-0.1, -0.05) is 12.1 Å². The van der Waals surface area contributed by atoms with Crippen molar-refractivity contribution >= 4 is 6.09 Å². The molecule has 164 valence electrons. The van der Waals surface area contributed by atoms with E-state index in [4.69, 9.17) is 10.5 Å². The van der Waals surface area contributed by atoms with Crippen LogP contribution >= 0.6 is 0 Å². The maximum Gasteiger partial charge on any atom is 0.410 e. The molecule has 1 amide bonds. The summed E-state index contributed by atoms with van der Waals surface area (Å²) in [6, 6.07) is 8.88. The molecular formula is C23H21F2N5O2. The van der Waals surface area contributed by atoms with E-state index < -0.39 is 40.6 Å². The van der Waals surface area contributed by atoms with E-state index >= 15 is 0 Å². The molecule has 1 aromatic carbocycles. The Labute approximate surface area is 184 Å². The van der Waals surface area contributed by atoms with Crippen LogP contribution in [0.2, 0.25) is 0 Å². The third-order valence-electron chi connectivity index (χ3n) is 5.62. The number of carbonyl (C=O) groups is 1. The van der Waals surface area contributed by atoms with E-state index in [9.17, 15) is 29.4 Å². The predicted molar refractivity (Wildman–Crippen MR) is 109 cm³/mol. The molecule has 1 heterocycles. The summed E-state index contributed by atoms with van der Waals surface area (Å²) in [4.78, 5) is 14.1. The number of nitrogens with zero attached hydrogens (tertiary/aromatic N) is 4. The SMILES string of the molecule is CC(C)(C)OC(=O)N1CC=C2C(C#N)=C(N)C(C#N)(C#N)[C@H](c3ccc(F)c(F)c3)[C@@H]2C1. The Balaban J connectivity index is 2.21. The van der Waals surface area contributed by atoms with Crippen LogP contribution in [-0.2, 0) is 4.74 Å². The van der Waals surface area contributed by atoms with Crippen LogP contribution in [-0.4, -0.2) is 29.7 Å². The van der Waals surface area contributed by atoms with Gasteiger partial charge < -0.3 is 15.4 Å². The van der Waals surface area contributed by atoms with E-state index in [2.05, 4.69) is 0 Å². The number of nitriles is 3. The lowest BCUT2D eigenvalue weighted by Gasteiger charge is -2.45. The molecule has 2 aliphatic rings. The summed E-state index contributed by atoms with van der Waals surface area (Å²) in [5.41, 5.74) is 3.76. The molecule has 9 heteroatoms. The van der Waals surface area contributed by atoms with Gasteiger partial charge in [0, 0.05) is 24.9 Å². The Morgan fingerprint density at radius 3 is 2.41 bits per heavy atom. The molecule has 0 aromatic heterocycles. The lowest BCUT2D eigenvalue weighted by Crippen LogP contribution is -2.50. The van der Waals surface area contributed by atoms with E-state index in [0.29, 0.717) is 5.57 Å². The average molecular weight is 437 g/mol. The summed E-state index contributed by atoms with van der Waals surface area (Å²) < 4.78 is 33.2. The van der Waals surface area contributed by atoms with Crippen molar-refractivity contribution in [2.24, 2.45) is 17.1 Å². The second-order valence-corrected chi connectivity index (χ2v) is 8.73. The molecule has 0 saturated heterocycles. The highest BCUT2D eigenvalue weighted by atomic mass is 19.2. The number of carbonyl (C=O) groups excluding carboxylic acids is 1. The van der Waals surface area contributed by atoms with Crippen LogP contribution in [0.25, 0.3) is 0 Å². The fourth-order valence-corrected chi connectivity index (χ4v) is 4.24. The zero-order valence-corrected chi connectivity index (χ0v) is 17.8. The maximum atomic E-state index is 14.1. The van der Waals surface area contributed by atoms with Gasteiger partial charge in [0.1, 0.15) is 11.7 Å². The molecule has 1 aliphatic carbocycles. The molecule has 2 atom stereocenters. The van der Waals surface area contributed by atoms with Crippen LogP contribution in [0.1, 0.15) is 32.3 Å². The van der Waals surface area contributed by atoms with Crippen LogP contribution in [0.15, 0.2) is 41.1 Å². The molecule has 0 saturated carbocycles. The minimum atomic E-state index is -2.02. The molecule has 0 unspecified atom stereocenters. The van der Waals surface area contributed by atoms with Gasteiger partial charge in [-0.2, -0.15) is 15.8 Å². The summed E-state index contributed by atoms with van der Waals surface area (Å²) in [5, 5.41) is 29.7. The topological polar surface area (TPSA) is 127 Å². The number of benzene rings is 1. The zero-order valence-electron chi connectivity index (χ0n) is 17.8. The lowest BCUT2D eigenvalue weighted by atomic mass is 9.58. The number of halogens is 2. The summed E-state index contributed by atoms with van der Waals surface area (Å²) in [6.07, 6.45) is 1.01. The van der Waals surface area contributed by atoms with Crippen molar-refractivity contribution in [2.75, 3.05) is 13.1 Å². The molecule has 1 aliphatic heterocycles. The molecule has 0 bridgehead atoms. The first-order valence-electron chi connectivity index (χ1n) is 9.85. The summed E-state index contributed by atoms with van der Waals surface area (Å²) in [6.45, 7) is 5.26. The second kappa shape index (κ2) is 7.98. The quantitative estimate of drug-likeness (QED) is 0.715. The van der Waals surface area contributed by atoms with E-state index in [1.54, 1.807) is 26.8 Å². The van der Waals surface area contributed by atoms with Gasteiger partial charge >= 0.3 is 6.09 Å². The first-order valence-corrected chi connectivity index (χ1v) is 9.85. The van der Waals surface area contributed by atoms with Crippen molar-refractivity contribution < 1.29 is 18.3 Å². The molecular weight excluding hydrogens is 416 g/mol. The highest BCUT2D eigenvalue weighted by Crippen LogP contribution is 2.54. The van der Waals surface area contributed by atoms with Crippen LogP contribution < -0.4 is 5.73 Å². The fraction of sp³-hybridized carbons (Fsp3) is 0.391. The van der Waals surface area contributed by atoms with Crippen molar-refractivity contribution in [2.45, 2.75) is 32.3 Å². The predicted octanol–water partition coefficient (Wildman–Crippen LogP) is 3.63. The van der Waals surface area contributed by atoms with Crippen LogP contribution in [0.5, 0.6) is 0 Å². The third kappa shape index (κ3) is 3.65. The number of fused-ring (bicyclic) bond motifs is 1. The van der Waals surface area contributed by atoms with Gasteiger partial charge in [0.2, 0.25) is 0 Å². The van der Waals surface area contributed by atoms with Crippen LogP contribution in [0.3, 0.4) is 0 Å². The van der Waals surface area contributed by atoms with Crippen molar-refractivity contribution in [3.05, 3.63) is 58.3 Å². The number of hydrogen-bond donors (Lipinski definition) is 1. The Morgan fingerprint density at radius 1 is 1.22 bits per heavy atom. The number of ether oxygens (including phenoxy) is 1. The Hall–Kier alpha value is -3.90. The smallest absolute Gasteiger partial charge is 0.410 e. The molecule has 3 rings (SSSR count). The average Bonchev–Trinajstić information content (AvgIpc) is 2.73. The normalized spacial score (nSPS) is 22.1. The highest BCUT2D eigenvalue weighted by Gasteiger charge is 2.55. The third-order valence-corrected chi connectivity index (χ3v) is 5.62. The monoisotopic (exact) mass is 437 g/mol. The van der Waals surface area contributed by atoms with Gasteiger partial charge in [-0.15, -0.1) is 0 Å². The molecule has 0 radical (unpaired) electrons. The zero-order chi connectivity index (χ0) is 23.8. The number of nitrogens with two attached hydrogens (primary N) is 1. The Morgan fingerprint density at radius 2 is 1.88 bits per heavy atom. The molecule has 0 fully saturated rings. The molecule has 0 spiro atoms. The summed E-state index contributed by atoms with van der Waals surface area (Å²) in [5.74, 6) is -4.03. The Kier molecular flexibility index (Phi) is 5.68. The highest BCUT2D eigenvalue weighted by molar-refractivity contribution is 5.70. The van der Waals surface area contributed by atoms with Gasteiger partial charge in [0.05, 0.1) is 23.4 Å². The molecule has 2 N–H and O–H groups in total. The number of rotatable bonds is 1.